The van der Waals surface area contributed by atoms with Gasteiger partial charge in [-0.25, -0.2) is 0 Å². The van der Waals surface area contributed by atoms with Crippen LogP contribution < -0.4 is 5.73 Å². The number of piperidine rings is 1. The van der Waals surface area contributed by atoms with Gasteiger partial charge in [0.1, 0.15) is 0 Å². The van der Waals surface area contributed by atoms with Crippen molar-refractivity contribution >= 4 is 10.9 Å². The lowest BCUT2D eigenvalue weighted by molar-refractivity contribution is 0.218. The SMILES string of the molecule is Cc1ccc2[nH]cc(C3CCN(CCN)CC3)c2c1. The number of nitrogens with two attached hydrogens (primary N) is 1. The van der Waals surface area contributed by atoms with E-state index in [1.165, 1.54) is 48.0 Å². The van der Waals surface area contributed by atoms with Crippen LogP contribution in [0.1, 0.15) is 29.9 Å². The van der Waals surface area contributed by atoms with Gasteiger partial charge < -0.3 is 15.6 Å². The molecule has 1 aliphatic heterocycles. The van der Waals surface area contributed by atoms with Crippen LogP contribution in [0.4, 0.5) is 0 Å². The summed E-state index contributed by atoms with van der Waals surface area (Å²) in [6.45, 7) is 6.34. The largest absolute Gasteiger partial charge is 0.361 e. The zero-order chi connectivity index (χ0) is 13.2. The quantitative estimate of drug-likeness (QED) is 0.888. The molecule has 1 aromatic carbocycles. The smallest absolute Gasteiger partial charge is 0.0457 e. The summed E-state index contributed by atoms with van der Waals surface area (Å²) in [6, 6.07) is 6.68. The van der Waals surface area contributed by atoms with E-state index in [1.807, 2.05) is 0 Å². The highest BCUT2D eigenvalue weighted by atomic mass is 15.1. The van der Waals surface area contributed by atoms with Crippen LogP contribution in [0.2, 0.25) is 0 Å². The second kappa shape index (κ2) is 5.35. The Morgan fingerprint density at radius 2 is 2.11 bits per heavy atom. The van der Waals surface area contributed by atoms with Crippen LogP contribution in [-0.2, 0) is 0 Å². The molecule has 19 heavy (non-hydrogen) atoms. The van der Waals surface area contributed by atoms with E-state index in [-0.39, 0.29) is 0 Å². The predicted octanol–water partition coefficient (Wildman–Crippen LogP) is 2.61. The Bertz CT molecular complexity index is 550. The maximum atomic E-state index is 5.63. The lowest BCUT2D eigenvalue weighted by Crippen LogP contribution is -2.36. The van der Waals surface area contributed by atoms with E-state index in [1.54, 1.807) is 0 Å². The summed E-state index contributed by atoms with van der Waals surface area (Å²) < 4.78 is 0. The molecular formula is C16H23N3. The third kappa shape index (κ3) is 2.53. The number of aryl methyl sites for hydroxylation is 1. The molecule has 0 radical (unpaired) electrons. The molecule has 3 N–H and O–H groups in total. The first-order chi connectivity index (χ1) is 9.28. The van der Waals surface area contributed by atoms with Crippen LogP contribution in [0.5, 0.6) is 0 Å². The molecule has 1 saturated heterocycles. The minimum Gasteiger partial charge on any atom is -0.361 e. The van der Waals surface area contributed by atoms with Crippen molar-refractivity contribution in [3.05, 3.63) is 35.5 Å². The Morgan fingerprint density at radius 1 is 1.32 bits per heavy atom. The van der Waals surface area contributed by atoms with Gasteiger partial charge in [-0.05, 0) is 56.5 Å². The van der Waals surface area contributed by atoms with E-state index >= 15 is 0 Å². The van der Waals surface area contributed by atoms with Crippen LogP contribution in [0.25, 0.3) is 10.9 Å². The summed E-state index contributed by atoms with van der Waals surface area (Å²) in [6.07, 6.45) is 4.72. The minimum atomic E-state index is 0.699. The minimum absolute atomic E-state index is 0.699. The molecule has 0 saturated carbocycles. The van der Waals surface area contributed by atoms with Gasteiger partial charge in [-0.15, -0.1) is 0 Å². The van der Waals surface area contributed by atoms with Gasteiger partial charge in [-0.2, -0.15) is 0 Å². The molecule has 1 aliphatic rings. The maximum Gasteiger partial charge on any atom is 0.0457 e. The van der Waals surface area contributed by atoms with Crippen molar-refractivity contribution in [2.24, 2.45) is 5.73 Å². The Kier molecular flexibility index (Phi) is 3.58. The highest BCUT2D eigenvalue weighted by Gasteiger charge is 2.22. The monoisotopic (exact) mass is 257 g/mol. The first kappa shape index (κ1) is 12.7. The van der Waals surface area contributed by atoms with Crippen LogP contribution in [0.3, 0.4) is 0 Å². The standard InChI is InChI=1S/C16H23N3/c1-12-2-3-16-14(10-12)15(11-18-16)13-4-7-19(8-5-13)9-6-17/h2-3,10-11,13,18H,4-9,17H2,1H3. The van der Waals surface area contributed by atoms with Crippen LogP contribution in [0, 0.1) is 6.92 Å². The number of hydrogen-bond donors (Lipinski definition) is 2. The predicted molar refractivity (Wildman–Crippen MR) is 80.5 cm³/mol. The van der Waals surface area contributed by atoms with Gasteiger partial charge in [0.25, 0.3) is 0 Å². The molecular weight excluding hydrogens is 234 g/mol. The van der Waals surface area contributed by atoms with Crippen LogP contribution >= 0.6 is 0 Å². The first-order valence-corrected chi connectivity index (χ1v) is 7.28. The number of benzene rings is 1. The lowest BCUT2D eigenvalue weighted by atomic mass is 9.89. The van der Waals surface area contributed by atoms with Gasteiger partial charge in [0.05, 0.1) is 0 Å². The molecule has 0 spiro atoms. The van der Waals surface area contributed by atoms with Gasteiger partial charge in [-0.1, -0.05) is 11.6 Å². The molecule has 2 aromatic rings. The molecule has 3 rings (SSSR count). The fourth-order valence-electron chi connectivity index (χ4n) is 3.24. The van der Waals surface area contributed by atoms with Crippen molar-refractivity contribution in [3.8, 4) is 0 Å². The summed E-state index contributed by atoms with van der Waals surface area (Å²) in [5, 5.41) is 1.41. The lowest BCUT2D eigenvalue weighted by Gasteiger charge is -2.31. The summed E-state index contributed by atoms with van der Waals surface area (Å²) in [7, 11) is 0. The number of likely N-dealkylation sites (tertiary alicyclic amines) is 1. The van der Waals surface area contributed by atoms with E-state index in [2.05, 4.69) is 41.2 Å². The highest BCUT2D eigenvalue weighted by molar-refractivity contribution is 5.84. The Balaban J connectivity index is 1.80. The van der Waals surface area contributed by atoms with Crippen molar-refractivity contribution in [2.45, 2.75) is 25.7 Å². The number of H-pyrrole nitrogens is 1. The van der Waals surface area contributed by atoms with E-state index in [0.29, 0.717) is 5.92 Å². The molecule has 102 valence electrons. The topological polar surface area (TPSA) is 45.0 Å². The average molecular weight is 257 g/mol. The van der Waals surface area contributed by atoms with E-state index in [9.17, 15) is 0 Å². The van der Waals surface area contributed by atoms with Crippen molar-refractivity contribution in [1.82, 2.24) is 9.88 Å². The van der Waals surface area contributed by atoms with E-state index in [4.69, 9.17) is 5.73 Å². The first-order valence-electron chi connectivity index (χ1n) is 7.28. The van der Waals surface area contributed by atoms with Gasteiger partial charge >= 0.3 is 0 Å². The van der Waals surface area contributed by atoms with Gasteiger partial charge in [0.2, 0.25) is 0 Å². The van der Waals surface area contributed by atoms with Crippen molar-refractivity contribution < 1.29 is 0 Å². The zero-order valence-corrected chi connectivity index (χ0v) is 11.7. The Morgan fingerprint density at radius 3 is 2.84 bits per heavy atom. The number of rotatable bonds is 3. The van der Waals surface area contributed by atoms with Crippen molar-refractivity contribution in [1.29, 1.82) is 0 Å². The fourth-order valence-corrected chi connectivity index (χ4v) is 3.24. The van der Waals surface area contributed by atoms with E-state index < -0.39 is 0 Å². The van der Waals surface area contributed by atoms with Crippen molar-refractivity contribution in [3.63, 3.8) is 0 Å². The summed E-state index contributed by atoms with van der Waals surface area (Å²) in [5.41, 5.74) is 9.75. The zero-order valence-electron chi connectivity index (χ0n) is 11.7. The maximum absolute atomic E-state index is 5.63. The molecule has 1 fully saturated rings. The number of hydrogen-bond acceptors (Lipinski definition) is 2. The third-order valence-corrected chi connectivity index (χ3v) is 4.34. The molecule has 0 aliphatic carbocycles. The summed E-state index contributed by atoms with van der Waals surface area (Å²) in [5.74, 6) is 0.699. The fraction of sp³-hybridized carbons (Fsp3) is 0.500. The Hall–Kier alpha value is -1.32. The van der Waals surface area contributed by atoms with Gasteiger partial charge in [0, 0.05) is 30.2 Å². The van der Waals surface area contributed by atoms with Crippen LogP contribution in [-0.4, -0.2) is 36.1 Å². The number of fused-ring (bicyclic) bond motifs is 1. The summed E-state index contributed by atoms with van der Waals surface area (Å²) >= 11 is 0. The van der Waals surface area contributed by atoms with Gasteiger partial charge in [0.15, 0.2) is 0 Å². The molecule has 0 unspecified atom stereocenters. The van der Waals surface area contributed by atoms with Gasteiger partial charge in [-0.3, -0.25) is 0 Å². The molecule has 0 amide bonds. The number of aromatic amines is 1. The molecule has 3 nitrogen and oxygen atoms in total. The summed E-state index contributed by atoms with van der Waals surface area (Å²) in [4.78, 5) is 5.90. The number of nitrogens with zero attached hydrogens (tertiary/aromatic N) is 1. The average Bonchev–Trinajstić information content (AvgIpc) is 2.83. The second-order valence-corrected chi connectivity index (χ2v) is 5.70. The Labute approximate surface area is 114 Å². The second-order valence-electron chi connectivity index (χ2n) is 5.70. The number of nitrogens with one attached hydrogen (secondary N) is 1. The highest BCUT2D eigenvalue weighted by Crippen LogP contribution is 2.33. The number of aromatic nitrogens is 1. The molecule has 2 heterocycles. The van der Waals surface area contributed by atoms with E-state index in [0.717, 1.165) is 13.1 Å². The molecule has 0 bridgehead atoms. The molecule has 1 aromatic heterocycles. The van der Waals surface area contributed by atoms with Crippen LogP contribution in [0.15, 0.2) is 24.4 Å². The molecule has 0 atom stereocenters. The third-order valence-electron chi connectivity index (χ3n) is 4.34. The van der Waals surface area contributed by atoms with Crippen molar-refractivity contribution in [2.75, 3.05) is 26.2 Å². The normalized spacial score (nSPS) is 18.2. The molecule has 3 heteroatoms.